The van der Waals surface area contributed by atoms with Gasteiger partial charge in [0.1, 0.15) is 69.7 Å². The first-order valence-electron chi connectivity index (χ1n) is 22.4. The molecule has 13 rings (SSSR count). The number of phenols is 8. The van der Waals surface area contributed by atoms with Gasteiger partial charge in [-0.05, 0) is 117 Å². The summed E-state index contributed by atoms with van der Waals surface area (Å²) in [6.45, 7) is 0. The van der Waals surface area contributed by atoms with Gasteiger partial charge in [0.25, 0.3) is 0 Å². The molecule has 1 saturated carbocycles. The van der Waals surface area contributed by atoms with Crippen molar-refractivity contribution in [3.8, 4) is 57.5 Å². The van der Waals surface area contributed by atoms with Gasteiger partial charge in [-0.3, -0.25) is 9.59 Å². The Kier molecular flexibility index (Phi) is 8.12. The van der Waals surface area contributed by atoms with Gasteiger partial charge in [0.2, 0.25) is 0 Å². The van der Waals surface area contributed by atoms with E-state index in [1.807, 2.05) is 0 Å². The molecule has 3 bridgehead atoms. The van der Waals surface area contributed by atoms with Crippen molar-refractivity contribution in [3.63, 3.8) is 0 Å². The maximum absolute atomic E-state index is 16.7. The molecule has 0 aromatic heterocycles. The Morgan fingerprint density at radius 1 is 0.397 bits per heavy atom. The van der Waals surface area contributed by atoms with E-state index in [1.54, 1.807) is 72.8 Å². The lowest BCUT2D eigenvalue weighted by molar-refractivity contribution is -0.135. The minimum atomic E-state index is -1.64. The maximum Gasteiger partial charge on any atom is 0.166 e. The molecule has 8 N–H and O–H groups in total. The van der Waals surface area contributed by atoms with Crippen LogP contribution in [0, 0.1) is 11.3 Å². The summed E-state index contributed by atoms with van der Waals surface area (Å²) in [6.07, 6.45) is -0.143. The molecular weight excluding hydrogens is 865 g/mol. The molecule has 0 radical (unpaired) electrons. The third kappa shape index (κ3) is 5.25. The van der Waals surface area contributed by atoms with Crippen LogP contribution < -0.4 is 9.47 Å². The highest BCUT2D eigenvalue weighted by Gasteiger charge is 2.76. The number of aromatic hydroxyl groups is 8. The van der Waals surface area contributed by atoms with E-state index in [1.165, 1.54) is 66.7 Å². The first kappa shape index (κ1) is 39.9. The van der Waals surface area contributed by atoms with Gasteiger partial charge in [-0.1, -0.05) is 48.5 Å². The highest BCUT2D eigenvalue weighted by molar-refractivity contribution is 6.18. The number of allylic oxidation sites excluding steroid dienone is 1. The molecule has 2 aliphatic heterocycles. The van der Waals surface area contributed by atoms with Gasteiger partial charge >= 0.3 is 0 Å². The van der Waals surface area contributed by atoms with Crippen molar-refractivity contribution in [2.24, 2.45) is 11.3 Å². The summed E-state index contributed by atoms with van der Waals surface area (Å²) < 4.78 is 13.8. The molecule has 0 saturated heterocycles. The number of carbonyl (C=O) groups excluding carboxylic acids is 2. The lowest BCUT2D eigenvalue weighted by Gasteiger charge is -2.52. The van der Waals surface area contributed by atoms with Crippen molar-refractivity contribution in [2.45, 2.75) is 47.7 Å². The highest BCUT2D eigenvalue weighted by Crippen LogP contribution is 2.80. The average Bonchev–Trinajstić information content (AvgIpc) is 3.92. The number of rotatable bonds is 5. The summed E-state index contributed by atoms with van der Waals surface area (Å²) in [5, 5.41) is 89.3. The fourth-order valence-corrected chi connectivity index (χ4v) is 13.4. The topological polar surface area (TPSA) is 214 Å². The lowest BCUT2D eigenvalue weighted by Crippen LogP contribution is -2.49. The van der Waals surface area contributed by atoms with Crippen molar-refractivity contribution in [1.29, 1.82) is 0 Å². The van der Waals surface area contributed by atoms with Gasteiger partial charge in [-0.25, -0.2) is 0 Å². The van der Waals surface area contributed by atoms with Crippen LogP contribution >= 0.6 is 0 Å². The molecule has 1 spiro atoms. The molecule has 12 heteroatoms. The van der Waals surface area contributed by atoms with Crippen LogP contribution in [0.2, 0.25) is 0 Å². The van der Waals surface area contributed by atoms with Crippen molar-refractivity contribution >= 4 is 11.6 Å². The SMILES string of the molecule is O=C1C=C2[C@@H]3c4c(cc(O)cc4[C@@H]4c5c(O)cc6c(c5C5[C@@H](c7ccc(O)cc7)[C@H]1C(=O)[C@]25[C@H]4c1ccc(O)cc1)[C@H](c1cc(O)cc(O)c1)[C@H](c1ccc(O)cc1)O6)O[C@@H]3c1ccc(O)cc1. The number of ketones is 2. The number of benzene rings is 7. The number of fused-ring (bicyclic) bond motifs is 9. The number of Topliss-reactive ketones (excluding diaryl/α,β-unsaturated/α-hetero) is 1. The molecule has 10 atom stereocenters. The van der Waals surface area contributed by atoms with E-state index < -0.39 is 64.8 Å². The van der Waals surface area contributed by atoms with Gasteiger partial charge in [0, 0.05) is 58.6 Å². The van der Waals surface area contributed by atoms with Crippen molar-refractivity contribution < 1.29 is 59.9 Å². The molecule has 4 aliphatic carbocycles. The zero-order chi connectivity index (χ0) is 46.7. The normalized spacial score (nSPS) is 27.6. The van der Waals surface area contributed by atoms with Crippen LogP contribution in [0.5, 0.6) is 57.5 Å². The second-order valence-electron chi connectivity index (χ2n) is 18.9. The van der Waals surface area contributed by atoms with Gasteiger partial charge in [0.15, 0.2) is 11.6 Å². The summed E-state index contributed by atoms with van der Waals surface area (Å²) in [6, 6.07) is 35.0. The maximum atomic E-state index is 16.7. The Bertz CT molecular complexity index is 3340. The predicted octanol–water partition coefficient (Wildman–Crippen LogP) is 9.32. The van der Waals surface area contributed by atoms with Crippen molar-refractivity contribution in [1.82, 2.24) is 0 Å². The Labute approximate surface area is 387 Å². The fraction of sp³-hybridized carbons (Fsp3) is 0.179. The van der Waals surface area contributed by atoms with Crippen LogP contribution in [0.4, 0.5) is 0 Å². The molecule has 7 aromatic carbocycles. The summed E-state index contributed by atoms with van der Waals surface area (Å²) in [4.78, 5) is 32.0. The van der Waals surface area contributed by atoms with Crippen LogP contribution in [0.1, 0.15) is 103 Å². The minimum Gasteiger partial charge on any atom is -0.508 e. The lowest BCUT2D eigenvalue weighted by atomic mass is 9.48. The molecule has 68 heavy (non-hydrogen) atoms. The minimum absolute atomic E-state index is 0.0126. The smallest absolute Gasteiger partial charge is 0.166 e. The van der Waals surface area contributed by atoms with Gasteiger partial charge in [-0.2, -0.15) is 0 Å². The molecular formula is C56H40O12. The molecule has 6 aliphatic rings. The average molecular weight is 905 g/mol. The predicted molar refractivity (Wildman–Crippen MR) is 244 cm³/mol. The summed E-state index contributed by atoms with van der Waals surface area (Å²) >= 11 is 0. The van der Waals surface area contributed by atoms with Gasteiger partial charge < -0.3 is 50.3 Å². The van der Waals surface area contributed by atoms with Crippen molar-refractivity contribution in [2.75, 3.05) is 0 Å². The second-order valence-corrected chi connectivity index (χ2v) is 18.9. The number of hydrogen-bond donors (Lipinski definition) is 8. The van der Waals surface area contributed by atoms with E-state index in [0.717, 1.165) is 0 Å². The van der Waals surface area contributed by atoms with E-state index in [9.17, 15) is 40.9 Å². The zero-order valence-electron chi connectivity index (χ0n) is 35.7. The first-order chi connectivity index (χ1) is 32.8. The molecule has 1 unspecified atom stereocenters. The van der Waals surface area contributed by atoms with E-state index in [2.05, 4.69) is 0 Å². The van der Waals surface area contributed by atoms with Crippen LogP contribution in [-0.4, -0.2) is 52.4 Å². The third-order valence-electron chi connectivity index (χ3n) is 15.6. The Hall–Kier alpha value is -8.38. The number of ether oxygens (including phenoxy) is 2. The molecule has 12 nitrogen and oxygen atoms in total. The number of carbonyl (C=O) groups is 2. The molecule has 0 amide bonds. The van der Waals surface area contributed by atoms with Crippen LogP contribution in [0.15, 0.2) is 145 Å². The van der Waals surface area contributed by atoms with E-state index >= 15 is 9.59 Å². The summed E-state index contributed by atoms with van der Waals surface area (Å²) in [5.41, 5.74) is 4.33. The van der Waals surface area contributed by atoms with Gasteiger partial charge in [-0.15, -0.1) is 0 Å². The highest BCUT2D eigenvalue weighted by atomic mass is 16.5. The Morgan fingerprint density at radius 3 is 1.47 bits per heavy atom. The quantitative estimate of drug-likeness (QED) is 0.0759. The number of hydrogen-bond acceptors (Lipinski definition) is 12. The van der Waals surface area contributed by atoms with Gasteiger partial charge in [0.05, 0.1) is 23.2 Å². The Balaban J connectivity index is 1.21. The van der Waals surface area contributed by atoms with E-state index in [4.69, 9.17) is 9.47 Å². The number of phenolic OH excluding ortho intramolecular Hbond substituents is 8. The monoisotopic (exact) mass is 904 g/mol. The first-order valence-corrected chi connectivity index (χ1v) is 22.4. The van der Waals surface area contributed by atoms with Crippen LogP contribution in [-0.2, 0) is 9.59 Å². The molecule has 336 valence electrons. The van der Waals surface area contributed by atoms with Crippen LogP contribution in [0.3, 0.4) is 0 Å². The molecule has 7 aromatic rings. The fourth-order valence-electron chi connectivity index (χ4n) is 13.4. The Morgan fingerprint density at radius 2 is 0.897 bits per heavy atom. The second kappa shape index (κ2) is 13.8. The third-order valence-corrected chi connectivity index (χ3v) is 15.6. The van der Waals surface area contributed by atoms with E-state index in [0.29, 0.717) is 67.0 Å². The van der Waals surface area contributed by atoms with Crippen LogP contribution in [0.25, 0.3) is 0 Å². The standard InChI is InChI=1S/C56H40O12/c57-29-9-1-24(2-10-29)42-48-38(64)22-37-46-44-36(20-35(63)21-40(44)67-54(46)27-7-15-32(60)16-8-27)45-47-39(65)23-41-49(50(47)52(42)56(37,55(48)66)51(45)25-3-11-30(58)12-4-25)43(28-17-33(61)19-34(62)18-28)53(68-41)26-5-13-31(59)14-6-26/h1-23,42-43,45-46,48,51-54,57-63,65H/t42-,43-,45+,46+,48-,51-,52?,53-,54+,56-/m0/s1. The largest absolute Gasteiger partial charge is 0.508 e. The van der Waals surface area contributed by atoms with E-state index in [-0.39, 0.29) is 57.5 Å². The molecule has 2 heterocycles. The molecule has 1 fully saturated rings. The van der Waals surface area contributed by atoms with Crippen molar-refractivity contribution in [3.05, 3.63) is 201 Å². The summed E-state index contributed by atoms with van der Waals surface area (Å²) in [5.74, 6) is -7.69. The summed E-state index contributed by atoms with van der Waals surface area (Å²) in [7, 11) is 0. The zero-order valence-corrected chi connectivity index (χ0v) is 35.7.